The Morgan fingerprint density at radius 3 is 2.05 bits per heavy atom. The number of hydrogen-bond donors (Lipinski definition) is 11. The van der Waals surface area contributed by atoms with Crippen molar-refractivity contribution in [3.8, 4) is 0 Å². The first-order valence-electron chi connectivity index (χ1n) is 14.5. The zero-order valence-corrected chi connectivity index (χ0v) is 24.2. The van der Waals surface area contributed by atoms with Gasteiger partial charge in [-0.15, -0.1) is 0 Å². The molecule has 10 unspecified atom stereocenters. The molecule has 16 atom stereocenters. The van der Waals surface area contributed by atoms with Crippen molar-refractivity contribution in [1.29, 1.82) is 0 Å². The van der Waals surface area contributed by atoms with Crippen molar-refractivity contribution in [1.82, 2.24) is 5.32 Å². The van der Waals surface area contributed by atoms with Crippen LogP contribution >= 0.6 is 0 Å². The Morgan fingerprint density at radius 2 is 1.43 bits per heavy atom. The SMILES string of the molecule is CC(C)(O[C@@H]1C(CO)O[C@@H]2C(NCCCC2(C)O[C@@H]2C(CO)O[C@@H](O)C(N)C2O)C1O)[C@@H]1OC(CO)[C@@H](O)C(O)C1N. The van der Waals surface area contributed by atoms with Gasteiger partial charge in [-0.2, -0.15) is 0 Å². The van der Waals surface area contributed by atoms with Crippen LogP contribution in [0.3, 0.4) is 0 Å². The standard InChI is InChI=1S/C26H49N3O13/c1-25(2,22-13(27)17(34)16(33)10(7-30)38-22)41-21-11(8-31)39-23-15(19(21)36)29-6-4-5-26(23,3)42-20-12(9-32)40-24(37)14(28)18(20)35/h10-24,29-37H,4-9,27-28H2,1-3H3/t10?,11?,12?,13?,14?,15?,16-,17?,18?,19?,20-,21-,22-,23-,24-,26?/m1/s1. The second-order valence-corrected chi connectivity index (χ2v) is 12.6. The molecule has 4 saturated heterocycles. The predicted molar refractivity (Wildman–Crippen MR) is 143 cm³/mol. The highest BCUT2D eigenvalue weighted by molar-refractivity contribution is 5.09. The number of nitrogens with one attached hydrogen (secondary N) is 1. The molecule has 0 aromatic heterocycles. The summed E-state index contributed by atoms with van der Waals surface area (Å²) in [6, 6.07) is -3.07. The van der Waals surface area contributed by atoms with Crippen LogP contribution in [0.5, 0.6) is 0 Å². The highest BCUT2D eigenvalue weighted by Crippen LogP contribution is 2.40. The highest BCUT2D eigenvalue weighted by atomic mass is 16.7. The third-order valence-corrected chi connectivity index (χ3v) is 9.16. The largest absolute Gasteiger partial charge is 0.394 e. The molecule has 4 aliphatic rings. The van der Waals surface area contributed by atoms with Crippen LogP contribution in [-0.2, 0) is 23.7 Å². The van der Waals surface area contributed by atoms with Crippen molar-refractivity contribution in [2.75, 3.05) is 26.4 Å². The first-order chi connectivity index (χ1) is 19.7. The van der Waals surface area contributed by atoms with Crippen LogP contribution in [0, 0.1) is 0 Å². The lowest BCUT2D eigenvalue weighted by Crippen LogP contribution is -2.72. The van der Waals surface area contributed by atoms with Gasteiger partial charge in [0.05, 0.1) is 49.1 Å². The van der Waals surface area contributed by atoms with E-state index in [2.05, 4.69) is 5.32 Å². The van der Waals surface area contributed by atoms with Crippen LogP contribution in [0.4, 0.5) is 0 Å². The maximum Gasteiger partial charge on any atom is 0.173 e. The summed E-state index contributed by atoms with van der Waals surface area (Å²) < 4.78 is 30.3. The van der Waals surface area contributed by atoms with E-state index in [0.717, 1.165) is 0 Å². The summed E-state index contributed by atoms with van der Waals surface area (Å²) in [6.45, 7) is 3.75. The fraction of sp³-hybridized carbons (Fsp3) is 1.00. The number of aliphatic hydroxyl groups is 8. The molecular formula is C26H49N3O13. The molecular weight excluding hydrogens is 562 g/mol. The van der Waals surface area contributed by atoms with E-state index in [9.17, 15) is 40.9 Å². The van der Waals surface area contributed by atoms with E-state index in [1.165, 1.54) is 0 Å². The third-order valence-electron chi connectivity index (χ3n) is 9.16. The summed E-state index contributed by atoms with van der Waals surface area (Å²) in [5.74, 6) is 0. The van der Waals surface area contributed by atoms with Gasteiger partial charge in [0.25, 0.3) is 0 Å². The van der Waals surface area contributed by atoms with E-state index in [-0.39, 0.29) is 0 Å². The Hall–Kier alpha value is -0.640. The fourth-order valence-corrected chi connectivity index (χ4v) is 6.71. The Labute approximate surface area is 244 Å². The molecule has 4 aliphatic heterocycles. The summed E-state index contributed by atoms with van der Waals surface area (Å²) in [5, 5.41) is 86.3. The molecule has 0 saturated carbocycles. The zero-order chi connectivity index (χ0) is 31.1. The maximum atomic E-state index is 11.7. The lowest BCUT2D eigenvalue weighted by molar-refractivity contribution is -0.317. The van der Waals surface area contributed by atoms with Crippen molar-refractivity contribution in [3.05, 3.63) is 0 Å². The molecule has 0 aliphatic carbocycles. The first-order valence-corrected chi connectivity index (χ1v) is 14.5. The molecule has 16 heteroatoms. The lowest BCUT2D eigenvalue weighted by Gasteiger charge is -2.54. The van der Waals surface area contributed by atoms with Crippen LogP contribution in [0.1, 0.15) is 33.6 Å². The quantitative estimate of drug-likeness (QED) is 0.122. The van der Waals surface area contributed by atoms with Gasteiger partial charge >= 0.3 is 0 Å². The van der Waals surface area contributed by atoms with Gasteiger partial charge < -0.3 is 81.3 Å². The molecule has 0 aromatic rings. The van der Waals surface area contributed by atoms with E-state index in [4.69, 9.17) is 35.2 Å². The Morgan fingerprint density at radius 1 is 0.810 bits per heavy atom. The van der Waals surface area contributed by atoms with Gasteiger partial charge in [0.1, 0.15) is 67.1 Å². The fourth-order valence-electron chi connectivity index (χ4n) is 6.71. The van der Waals surface area contributed by atoms with Crippen molar-refractivity contribution in [3.63, 3.8) is 0 Å². The van der Waals surface area contributed by atoms with Crippen LogP contribution in [0.15, 0.2) is 0 Å². The van der Waals surface area contributed by atoms with Gasteiger partial charge in [0.2, 0.25) is 0 Å². The van der Waals surface area contributed by atoms with E-state index in [0.29, 0.717) is 19.4 Å². The minimum absolute atomic E-state index is 0.399. The van der Waals surface area contributed by atoms with Crippen LogP contribution in [0.25, 0.3) is 0 Å². The number of fused-ring (bicyclic) bond motifs is 1. The second-order valence-electron chi connectivity index (χ2n) is 12.6. The average Bonchev–Trinajstić information content (AvgIpc) is 3.11. The average molecular weight is 612 g/mol. The molecule has 0 amide bonds. The Kier molecular flexibility index (Phi) is 10.9. The van der Waals surface area contributed by atoms with E-state index in [1.54, 1.807) is 20.8 Å². The molecule has 16 nitrogen and oxygen atoms in total. The van der Waals surface area contributed by atoms with Crippen LogP contribution in [0.2, 0.25) is 0 Å². The molecule has 246 valence electrons. The van der Waals surface area contributed by atoms with Crippen molar-refractivity contribution < 1.29 is 64.5 Å². The number of rotatable bonds is 8. The normalized spacial score (nSPS) is 50.6. The number of nitrogens with two attached hydrogens (primary N) is 2. The molecule has 42 heavy (non-hydrogen) atoms. The summed E-state index contributed by atoms with van der Waals surface area (Å²) in [5.41, 5.74) is 9.60. The summed E-state index contributed by atoms with van der Waals surface area (Å²) in [7, 11) is 0. The smallest absolute Gasteiger partial charge is 0.173 e. The molecule has 4 rings (SSSR count). The monoisotopic (exact) mass is 611 g/mol. The van der Waals surface area contributed by atoms with Gasteiger partial charge in [-0.25, -0.2) is 0 Å². The number of aliphatic hydroxyl groups excluding tert-OH is 8. The maximum absolute atomic E-state index is 11.7. The van der Waals surface area contributed by atoms with Crippen molar-refractivity contribution in [2.45, 2.75) is 136 Å². The molecule has 0 spiro atoms. The molecule has 0 radical (unpaired) electrons. The Balaban J connectivity index is 1.57. The predicted octanol–water partition coefficient (Wildman–Crippen LogP) is -5.63. The Bertz CT molecular complexity index is 886. The molecule has 0 aromatic carbocycles. The number of hydrogen-bond acceptors (Lipinski definition) is 16. The number of ether oxygens (including phenoxy) is 5. The van der Waals surface area contributed by atoms with Gasteiger partial charge in [-0.3, -0.25) is 0 Å². The molecule has 13 N–H and O–H groups in total. The lowest BCUT2D eigenvalue weighted by atomic mass is 9.81. The van der Waals surface area contributed by atoms with E-state index >= 15 is 0 Å². The highest BCUT2D eigenvalue weighted by Gasteiger charge is 2.58. The summed E-state index contributed by atoms with van der Waals surface area (Å²) in [4.78, 5) is 0. The summed E-state index contributed by atoms with van der Waals surface area (Å²) >= 11 is 0. The zero-order valence-electron chi connectivity index (χ0n) is 24.2. The van der Waals surface area contributed by atoms with Gasteiger partial charge in [0.15, 0.2) is 6.29 Å². The topological polar surface area (TPSA) is 272 Å². The second kappa shape index (κ2) is 13.4. The third kappa shape index (κ3) is 6.37. The van der Waals surface area contributed by atoms with Gasteiger partial charge in [-0.1, -0.05) is 0 Å². The summed E-state index contributed by atoms with van der Waals surface area (Å²) in [6.07, 6.45) is -13.4. The van der Waals surface area contributed by atoms with E-state index < -0.39 is 123 Å². The molecule has 4 fully saturated rings. The van der Waals surface area contributed by atoms with Crippen LogP contribution < -0.4 is 16.8 Å². The molecule has 4 heterocycles. The van der Waals surface area contributed by atoms with E-state index in [1.807, 2.05) is 0 Å². The van der Waals surface area contributed by atoms with Crippen molar-refractivity contribution in [2.24, 2.45) is 11.5 Å². The van der Waals surface area contributed by atoms with Crippen LogP contribution in [-0.4, -0.2) is 170 Å². The van der Waals surface area contributed by atoms with Gasteiger partial charge in [0, 0.05) is 0 Å². The van der Waals surface area contributed by atoms with Gasteiger partial charge in [-0.05, 0) is 40.2 Å². The van der Waals surface area contributed by atoms with Crippen molar-refractivity contribution >= 4 is 0 Å². The minimum Gasteiger partial charge on any atom is -0.394 e. The first kappa shape index (κ1) is 34.2. The minimum atomic E-state index is -1.50. The molecule has 0 bridgehead atoms.